The Balaban J connectivity index is 1.41. The molecule has 1 amide bonds. The summed E-state index contributed by atoms with van der Waals surface area (Å²) in [5.74, 6) is 2.63. The maximum absolute atomic E-state index is 12.7. The molecule has 0 aromatic carbocycles. The van der Waals surface area contributed by atoms with Crippen LogP contribution in [0.5, 0.6) is 0 Å². The highest BCUT2D eigenvalue weighted by Gasteiger charge is 2.27. The number of rotatable bonds is 7. The summed E-state index contributed by atoms with van der Waals surface area (Å²) in [5, 5.41) is 9.02. The van der Waals surface area contributed by atoms with Gasteiger partial charge in [0.25, 0.3) is 0 Å². The molecule has 5 rings (SSSR count). The summed E-state index contributed by atoms with van der Waals surface area (Å²) in [4.78, 5) is 29.3. The normalized spacial score (nSPS) is 17.4. The summed E-state index contributed by atoms with van der Waals surface area (Å²) in [5.41, 5.74) is 3.17. The van der Waals surface area contributed by atoms with Crippen LogP contribution in [0.4, 0.5) is 11.6 Å². The SMILES string of the molecule is Cc1c(-c2ccnc(NC3CCCCC3)c2)nc(N2CCC(C(=O)NCC(C)C)CC2)c2ccncc12. The van der Waals surface area contributed by atoms with E-state index in [9.17, 15) is 4.79 Å². The van der Waals surface area contributed by atoms with Crippen molar-refractivity contribution in [2.24, 2.45) is 11.8 Å². The molecule has 7 nitrogen and oxygen atoms in total. The van der Waals surface area contributed by atoms with Crippen molar-refractivity contribution in [1.29, 1.82) is 0 Å². The molecule has 0 spiro atoms. The Morgan fingerprint density at radius 2 is 1.84 bits per heavy atom. The second-order valence-corrected chi connectivity index (χ2v) is 11.1. The van der Waals surface area contributed by atoms with E-state index in [2.05, 4.69) is 64.5 Å². The molecule has 37 heavy (non-hydrogen) atoms. The van der Waals surface area contributed by atoms with Gasteiger partial charge in [-0.25, -0.2) is 9.97 Å². The van der Waals surface area contributed by atoms with Crippen LogP contribution in [0.2, 0.25) is 0 Å². The average molecular weight is 501 g/mol. The highest BCUT2D eigenvalue weighted by Crippen LogP contribution is 2.35. The molecule has 0 atom stereocenters. The molecule has 0 radical (unpaired) electrons. The van der Waals surface area contributed by atoms with Crippen LogP contribution < -0.4 is 15.5 Å². The molecule has 0 unspecified atom stereocenters. The minimum absolute atomic E-state index is 0.0708. The van der Waals surface area contributed by atoms with E-state index in [-0.39, 0.29) is 11.8 Å². The van der Waals surface area contributed by atoms with Gasteiger partial charge >= 0.3 is 0 Å². The molecule has 7 heteroatoms. The summed E-state index contributed by atoms with van der Waals surface area (Å²) in [7, 11) is 0. The smallest absolute Gasteiger partial charge is 0.223 e. The van der Waals surface area contributed by atoms with Gasteiger partial charge in [0.05, 0.1) is 5.69 Å². The first kappa shape index (κ1) is 25.4. The molecule has 3 aromatic heterocycles. The number of pyridine rings is 3. The Morgan fingerprint density at radius 3 is 2.59 bits per heavy atom. The van der Waals surface area contributed by atoms with Gasteiger partial charge in [0, 0.05) is 66.5 Å². The van der Waals surface area contributed by atoms with Crippen molar-refractivity contribution in [3.63, 3.8) is 0 Å². The van der Waals surface area contributed by atoms with Gasteiger partial charge in [0.2, 0.25) is 5.91 Å². The van der Waals surface area contributed by atoms with Gasteiger partial charge in [-0.2, -0.15) is 0 Å². The zero-order chi connectivity index (χ0) is 25.8. The van der Waals surface area contributed by atoms with E-state index in [1.165, 1.54) is 32.1 Å². The largest absolute Gasteiger partial charge is 0.367 e. The third-order valence-corrected chi connectivity index (χ3v) is 7.88. The number of nitrogens with zero attached hydrogens (tertiary/aromatic N) is 4. The number of nitrogens with one attached hydrogen (secondary N) is 2. The predicted molar refractivity (Wildman–Crippen MR) is 151 cm³/mol. The Hall–Kier alpha value is -3.22. The summed E-state index contributed by atoms with van der Waals surface area (Å²) >= 11 is 0. The Labute approximate surface area is 220 Å². The second kappa shape index (κ2) is 11.4. The summed E-state index contributed by atoms with van der Waals surface area (Å²) in [6.07, 6.45) is 13.7. The van der Waals surface area contributed by atoms with Crippen molar-refractivity contribution in [1.82, 2.24) is 20.3 Å². The lowest BCUT2D eigenvalue weighted by atomic mass is 9.95. The van der Waals surface area contributed by atoms with Crippen molar-refractivity contribution >= 4 is 28.3 Å². The summed E-state index contributed by atoms with van der Waals surface area (Å²) in [6, 6.07) is 6.76. The Kier molecular flexibility index (Phi) is 7.87. The second-order valence-electron chi connectivity index (χ2n) is 11.1. The van der Waals surface area contributed by atoms with Gasteiger partial charge < -0.3 is 15.5 Å². The quantitative estimate of drug-likeness (QED) is 0.431. The van der Waals surface area contributed by atoms with Gasteiger partial charge in [-0.05, 0) is 62.3 Å². The number of amides is 1. The Bertz CT molecular complexity index is 1230. The lowest BCUT2D eigenvalue weighted by Gasteiger charge is -2.33. The topological polar surface area (TPSA) is 83.0 Å². The lowest BCUT2D eigenvalue weighted by Crippen LogP contribution is -2.41. The number of aromatic nitrogens is 3. The van der Waals surface area contributed by atoms with Crippen molar-refractivity contribution < 1.29 is 4.79 Å². The van der Waals surface area contributed by atoms with Crippen molar-refractivity contribution in [2.75, 3.05) is 29.9 Å². The monoisotopic (exact) mass is 500 g/mol. The van der Waals surface area contributed by atoms with E-state index in [4.69, 9.17) is 4.98 Å². The number of hydrogen-bond donors (Lipinski definition) is 2. The number of fused-ring (bicyclic) bond motifs is 1. The predicted octanol–water partition coefficient (Wildman–Crippen LogP) is 5.73. The van der Waals surface area contributed by atoms with E-state index in [0.29, 0.717) is 12.0 Å². The van der Waals surface area contributed by atoms with E-state index in [1.54, 1.807) is 0 Å². The molecule has 2 aliphatic rings. The number of hydrogen-bond acceptors (Lipinski definition) is 6. The minimum atomic E-state index is 0.0708. The zero-order valence-electron chi connectivity index (χ0n) is 22.5. The van der Waals surface area contributed by atoms with Crippen molar-refractivity contribution in [3.8, 4) is 11.3 Å². The number of anilines is 2. The highest BCUT2D eigenvalue weighted by molar-refractivity contribution is 5.97. The van der Waals surface area contributed by atoms with Gasteiger partial charge in [0.15, 0.2) is 0 Å². The number of piperidine rings is 1. The first-order chi connectivity index (χ1) is 18.0. The standard InChI is InChI=1S/C30H40N6O/c1-20(2)18-33-30(37)22-11-15-36(16-12-22)29-25-10-13-31-19-26(25)21(3)28(35-29)23-9-14-32-27(17-23)34-24-7-5-4-6-8-24/h9-10,13-14,17,19-20,22,24H,4-8,11-12,15-16,18H2,1-3H3,(H,32,34)(H,33,37). The molecule has 1 aliphatic carbocycles. The molecular formula is C30H40N6O. The van der Waals surface area contributed by atoms with Gasteiger partial charge in [-0.1, -0.05) is 33.1 Å². The van der Waals surface area contributed by atoms with E-state index in [0.717, 1.165) is 71.7 Å². The molecule has 1 saturated heterocycles. The molecule has 0 bridgehead atoms. The van der Waals surface area contributed by atoms with E-state index >= 15 is 0 Å². The highest BCUT2D eigenvalue weighted by atomic mass is 16.1. The van der Waals surface area contributed by atoms with Gasteiger partial charge in [0.1, 0.15) is 11.6 Å². The van der Waals surface area contributed by atoms with Crippen molar-refractivity contribution in [2.45, 2.75) is 71.8 Å². The van der Waals surface area contributed by atoms with Crippen LogP contribution in [-0.2, 0) is 4.79 Å². The number of aryl methyl sites for hydroxylation is 1. The first-order valence-electron chi connectivity index (χ1n) is 14.0. The number of carbonyl (C=O) groups excluding carboxylic acids is 1. The molecule has 3 aromatic rings. The van der Waals surface area contributed by atoms with Crippen LogP contribution in [0.15, 0.2) is 36.8 Å². The van der Waals surface area contributed by atoms with Crippen LogP contribution in [0.1, 0.15) is 64.4 Å². The summed E-state index contributed by atoms with van der Waals surface area (Å²) in [6.45, 7) is 8.76. The van der Waals surface area contributed by atoms with Crippen LogP contribution in [-0.4, -0.2) is 46.5 Å². The maximum Gasteiger partial charge on any atom is 0.223 e. The average Bonchev–Trinajstić information content (AvgIpc) is 2.93. The fraction of sp³-hybridized carbons (Fsp3) is 0.533. The zero-order valence-corrected chi connectivity index (χ0v) is 22.5. The summed E-state index contributed by atoms with van der Waals surface area (Å²) < 4.78 is 0. The molecule has 1 saturated carbocycles. The minimum Gasteiger partial charge on any atom is -0.367 e. The molecule has 4 heterocycles. The van der Waals surface area contributed by atoms with Crippen LogP contribution in [0.3, 0.4) is 0 Å². The molecular weight excluding hydrogens is 460 g/mol. The molecule has 2 fully saturated rings. The molecule has 2 N–H and O–H groups in total. The first-order valence-corrected chi connectivity index (χ1v) is 14.0. The fourth-order valence-corrected chi connectivity index (χ4v) is 5.70. The van der Waals surface area contributed by atoms with Crippen LogP contribution in [0, 0.1) is 18.8 Å². The van der Waals surface area contributed by atoms with Crippen LogP contribution in [0.25, 0.3) is 22.0 Å². The van der Waals surface area contributed by atoms with Gasteiger partial charge in [-0.3, -0.25) is 9.78 Å². The van der Waals surface area contributed by atoms with Gasteiger partial charge in [-0.15, -0.1) is 0 Å². The lowest BCUT2D eigenvalue weighted by molar-refractivity contribution is -0.125. The third kappa shape index (κ3) is 5.86. The fourth-order valence-electron chi connectivity index (χ4n) is 5.70. The maximum atomic E-state index is 12.7. The molecule has 1 aliphatic heterocycles. The van der Waals surface area contributed by atoms with E-state index in [1.807, 2.05) is 18.6 Å². The Morgan fingerprint density at radius 1 is 1.05 bits per heavy atom. The third-order valence-electron chi connectivity index (χ3n) is 7.88. The van der Waals surface area contributed by atoms with Crippen molar-refractivity contribution in [3.05, 3.63) is 42.4 Å². The van der Waals surface area contributed by atoms with E-state index < -0.39 is 0 Å². The molecule has 196 valence electrons. The number of carbonyl (C=O) groups is 1. The van der Waals surface area contributed by atoms with Crippen LogP contribution >= 0.6 is 0 Å².